The van der Waals surface area contributed by atoms with Crippen LogP contribution in [0.2, 0.25) is 0 Å². The highest BCUT2D eigenvalue weighted by atomic mass is 16.2. The molecule has 1 saturated carbocycles. The molecule has 1 fully saturated rings. The van der Waals surface area contributed by atoms with Gasteiger partial charge in [0.2, 0.25) is 5.91 Å². The summed E-state index contributed by atoms with van der Waals surface area (Å²) >= 11 is 0. The summed E-state index contributed by atoms with van der Waals surface area (Å²) in [5.74, 6) is -0.284. The first kappa shape index (κ1) is 10.7. The number of carbonyl (C=O) groups is 1. The van der Waals surface area contributed by atoms with Crippen LogP contribution in [-0.2, 0) is 18.4 Å². The first-order valence-electron chi connectivity index (χ1n) is 5.14. The van der Waals surface area contributed by atoms with Gasteiger partial charge < -0.3 is 9.88 Å². The number of aryl methyl sites for hydroxylation is 1. The molecule has 6 heteroatoms. The van der Waals surface area contributed by atoms with Crippen LogP contribution in [0.4, 0.5) is 0 Å². The third-order valence-corrected chi connectivity index (χ3v) is 2.48. The van der Waals surface area contributed by atoms with E-state index in [2.05, 4.69) is 5.32 Å². The molecule has 0 atom stereocenters. The molecule has 0 aromatic carbocycles. The molecule has 0 unspecified atom stereocenters. The van der Waals surface area contributed by atoms with E-state index in [4.69, 9.17) is 0 Å². The number of hydrogen-bond acceptors (Lipinski definition) is 3. The third-order valence-electron chi connectivity index (χ3n) is 2.48. The van der Waals surface area contributed by atoms with Crippen LogP contribution >= 0.6 is 0 Å². The monoisotopic (exact) mass is 223 g/mol. The van der Waals surface area contributed by atoms with Gasteiger partial charge in [-0.1, -0.05) is 0 Å². The average Bonchev–Trinajstić information content (AvgIpc) is 3.02. The largest absolute Gasteiger partial charge is 0.352 e. The number of carbonyl (C=O) groups excluding carboxylic acids is 1. The Hall–Kier alpha value is -1.85. The normalized spacial score (nSPS) is 14.8. The molecular weight excluding hydrogens is 210 g/mol. The number of nitrogens with one attached hydrogen (secondary N) is 1. The molecule has 1 heterocycles. The molecule has 0 aliphatic heterocycles. The van der Waals surface area contributed by atoms with Gasteiger partial charge in [0.15, 0.2) is 0 Å². The lowest BCUT2D eigenvalue weighted by molar-refractivity contribution is -0.121. The molecule has 0 bridgehead atoms. The van der Waals surface area contributed by atoms with Crippen LogP contribution in [0.1, 0.15) is 12.8 Å². The maximum atomic E-state index is 11.6. The Balaban J connectivity index is 2.19. The Labute approximate surface area is 91.5 Å². The lowest BCUT2D eigenvalue weighted by atomic mass is 10.5. The lowest BCUT2D eigenvalue weighted by Crippen LogP contribution is -2.42. The zero-order valence-electron chi connectivity index (χ0n) is 8.97. The van der Waals surface area contributed by atoms with E-state index in [0.29, 0.717) is 0 Å². The summed E-state index contributed by atoms with van der Waals surface area (Å²) in [5, 5.41) is 2.73. The number of hydrogen-bond donors (Lipinski definition) is 1. The van der Waals surface area contributed by atoms with Crippen molar-refractivity contribution in [1.82, 2.24) is 14.5 Å². The average molecular weight is 223 g/mol. The highest BCUT2D eigenvalue weighted by molar-refractivity contribution is 5.76. The van der Waals surface area contributed by atoms with Gasteiger partial charge in [-0.2, -0.15) is 0 Å². The first-order valence-corrected chi connectivity index (χ1v) is 5.14. The molecule has 1 aromatic heterocycles. The van der Waals surface area contributed by atoms with Gasteiger partial charge in [-0.15, -0.1) is 0 Å². The van der Waals surface area contributed by atoms with E-state index in [-0.39, 0.29) is 18.5 Å². The summed E-state index contributed by atoms with van der Waals surface area (Å²) in [4.78, 5) is 34.4. The van der Waals surface area contributed by atoms with Gasteiger partial charge in [-0.3, -0.25) is 14.2 Å². The molecule has 6 nitrogen and oxygen atoms in total. The zero-order chi connectivity index (χ0) is 11.7. The first-order chi connectivity index (χ1) is 7.58. The van der Waals surface area contributed by atoms with Crippen molar-refractivity contribution >= 4 is 5.91 Å². The van der Waals surface area contributed by atoms with E-state index < -0.39 is 11.2 Å². The topological polar surface area (TPSA) is 73.1 Å². The number of aromatic nitrogens is 2. The molecule has 1 aliphatic carbocycles. The molecule has 1 amide bonds. The summed E-state index contributed by atoms with van der Waals surface area (Å²) in [6.07, 6.45) is 3.35. The van der Waals surface area contributed by atoms with Crippen molar-refractivity contribution in [2.75, 3.05) is 0 Å². The Morgan fingerprint density at radius 2 is 2.19 bits per heavy atom. The number of rotatable bonds is 3. The zero-order valence-corrected chi connectivity index (χ0v) is 8.97. The van der Waals surface area contributed by atoms with E-state index in [1.54, 1.807) is 0 Å². The Morgan fingerprint density at radius 3 is 2.81 bits per heavy atom. The predicted octanol–water partition coefficient (Wildman–Crippen LogP) is -1.17. The van der Waals surface area contributed by atoms with Gasteiger partial charge >= 0.3 is 5.69 Å². The smallest absolute Gasteiger partial charge is 0.331 e. The van der Waals surface area contributed by atoms with Crippen LogP contribution in [-0.4, -0.2) is 21.1 Å². The van der Waals surface area contributed by atoms with Crippen LogP contribution in [0, 0.1) is 0 Å². The summed E-state index contributed by atoms with van der Waals surface area (Å²) < 4.78 is 2.20. The van der Waals surface area contributed by atoms with Crippen molar-refractivity contribution in [2.24, 2.45) is 7.05 Å². The molecule has 1 N–H and O–H groups in total. The van der Waals surface area contributed by atoms with Crippen LogP contribution in [0.3, 0.4) is 0 Å². The summed E-state index contributed by atoms with van der Waals surface area (Å²) in [6.45, 7) is -0.206. The SMILES string of the molecule is Cn1ccc(=O)n(CC(=O)NC2CC2)c1=O. The predicted molar refractivity (Wildman–Crippen MR) is 57.1 cm³/mol. The second-order valence-electron chi connectivity index (χ2n) is 3.98. The van der Waals surface area contributed by atoms with Crippen molar-refractivity contribution < 1.29 is 4.79 Å². The van der Waals surface area contributed by atoms with E-state index in [9.17, 15) is 14.4 Å². The van der Waals surface area contributed by atoms with Crippen LogP contribution < -0.4 is 16.6 Å². The second-order valence-corrected chi connectivity index (χ2v) is 3.98. The molecular formula is C10H13N3O3. The molecule has 86 valence electrons. The minimum Gasteiger partial charge on any atom is -0.352 e. The molecule has 1 aromatic rings. The molecule has 2 rings (SSSR count). The highest BCUT2D eigenvalue weighted by Crippen LogP contribution is 2.18. The van der Waals surface area contributed by atoms with Gasteiger partial charge in [-0.05, 0) is 12.8 Å². The maximum Gasteiger partial charge on any atom is 0.331 e. The fourth-order valence-electron chi connectivity index (χ4n) is 1.40. The highest BCUT2D eigenvalue weighted by Gasteiger charge is 2.23. The summed E-state index contributed by atoms with van der Waals surface area (Å²) in [5.41, 5.74) is -0.924. The minimum absolute atomic E-state index is 0.206. The van der Waals surface area contributed by atoms with Crippen LogP contribution in [0.25, 0.3) is 0 Å². The van der Waals surface area contributed by atoms with Crippen molar-refractivity contribution in [3.05, 3.63) is 33.1 Å². The van der Waals surface area contributed by atoms with Crippen molar-refractivity contribution in [1.29, 1.82) is 0 Å². The van der Waals surface area contributed by atoms with Gasteiger partial charge in [0.1, 0.15) is 6.54 Å². The maximum absolute atomic E-state index is 11.6. The fourth-order valence-corrected chi connectivity index (χ4v) is 1.40. The van der Waals surface area contributed by atoms with Crippen molar-refractivity contribution in [3.63, 3.8) is 0 Å². The molecule has 16 heavy (non-hydrogen) atoms. The number of nitrogens with zero attached hydrogens (tertiary/aromatic N) is 2. The van der Waals surface area contributed by atoms with E-state index in [1.165, 1.54) is 23.9 Å². The minimum atomic E-state index is -0.474. The molecule has 0 radical (unpaired) electrons. The Bertz CT molecular complexity index is 525. The van der Waals surface area contributed by atoms with Crippen LogP contribution in [0.15, 0.2) is 21.9 Å². The van der Waals surface area contributed by atoms with E-state index in [0.717, 1.165) is 17.4 Å². The van der Waals surface area contributed by atoms with Gasteiger partial charge in [-0.25, -0.2) is 4.79 Å². The number of amides is 1. The molecule has 0 spiro atoms. The summed E-state index contributed by atoms with van der Waals surface area (Å²) in [7, 11) is 1.54. The van der Waals surface area contributed by atoms with Gasteiger partial charge in [0.25, 0.3) is 5.56 Å². The van der Waals surface area contributed by atoms with Crippen LogP contribution in [0.5, 0.6) is 0 Å². The second kappa shape index (κ2) is 3.96. The molecule has 0 saturated heterocycles. The third kappa shape index (κ3) is 2.21. The fraction of sp³-hybridized carbons (Fsp3) is 0.500. The lowest BCUT2D eigenvalue weighted by Gasteiger charge is -2.06. The van der Waals surface area contributed by atoms with E-state index >= 15 is 0 Å². The van der Waals surface area contributed by atoms with Crippen molar-refractivity contribution in [2.45, 2.75) is 25.4 Å². The quantitative estimate of drug-likeness (QED) is 0.701. The standard InChI is InChI=1S/C10H13N3O3/c1-12-5-4-9(15)13(10(12)16)6-8(14)11-7-2-3-7/h4-5,7H,2-3,6H2,1H3,(H,11,14). The van der Waals surface area contributed by atoms with Gasteiger partial charge in [0.05, 0.1) is 0 Å². The summed E-state index contributed by atoms with van der Waals surface area (Å²) in [6, 6.07) is 1.50. The Morgan fingerprint density at radius 1 is 1.50 bits per heavy atom. The van der Waals surface area contributed by atoms with E-state index in [1.807, 2.05) is 0 Å². The Kier molecular flexibility index (Phi) is 2.64. The van der Waals surface area contributed by atoms with Gasteiger partial charge in [0, 0.05) is 25.4 Å². The molecule has 1 aliphatic rings. The van der Waals surface area contributed by atoms with Crippen molar-refractivity contribution in [3.8, 4) is 0 Å².